The second kappa shape index (κ2) is 9.05. The van der Waals surface area contributed by atoms with E-state index in [9.17, 15) is 4.79 Å². The first-order valence-corrected chi connectivity index (χ1v) is 7.51. The van der Waals surface area contributed by atoms with Crippen molar-refractivity contribution < 1.29 is 14.3 Å². The highest BCUT2D eigenvalue weighted by molar-refractivity contribution is 5.86. The van der Waals surface area contributed by atoms with E-state index in [4.69, 9.17) is 20.9 Å². The fourth-order valence-corrected chi connectivity index (χ4v) is 2.80. The summed E-state index contributed by atoms with van der Waals surface area (Å²) in [7, 11) is 1.60. The van der Waals surface area contributed by atoms with Crippen LogP contribution >= 0.6 is 24.8 Å². The molecule has 2 aromatic rings. The van der Waals surface area contributed by atoms with Crippen molar-refractivity contribution >= 4 is 41.8 Å². The van der Waals surface area contributed by atoms with Crippen LogP contribution in [0.3, 0.4) is 0 Å². The number of rotatable bonds is 5. The predicted molar refractivity (Wildman–Crippen MR) is 100 cm³/mol. The second-order valence-corrected chi connectivity index (χ2v) is 5.41. The van der Waals surface area contributed by atoms with Crippen LogP contribution in [0.2, 0.25) is 0 Å². The van der Waals surface area contributed by atoms with Crippen LogP contribution in [0.25, 0.3) is 10.9 Å². The van der Waals surface area contributed by atoms with Gasteiger partial charge < -0.3 is 20.9 Å². The standard InChI is InChI=1S/C16H20N4O3.2ClH/c1-22-10-3-4-13-12(9-10)11(5-7-19-13)14-15(18)20(8-2-6-17)16(21)23-14;;/h3-5,7,9,14-15H,2,6,8,17-18H2,1H3;2*1H/t14-,15?;;/m1../s1. The number of amides is 1. The van der Waals surface area contributed by atoms with Gasteiger partial charge in [-0.25, -0.2) is 4.79 Å². The Morgan fingerprint density at radius 1 is 1.32 bits per heavy atom. The SMILES string of the molecule is COc1ccc2nccc([C@H]3OC(=O)N(CCCN)C3N)c2c1.Cl.Cl. The van der Waals surface area contributed by atoms with Gasteiger partial charge in [0.25, 0.3) is 0 Å². The van der Waals surface area contributed by atoms with E-state index in [1.165, 1.54) is 4.90 Å². The molecule has 0 aliphatic carbocycles. The number of nitrogens with zero attached hydrogens (tertiary/aromatic N) is 2. The number of ether oxygens (including phenoxy) is 2. The monoisotopic (exact) mass is 388 g/mol. The van der Waals surface area contributed by atoms with E-state index in [1.807, 2.05) is 24.3 Å². The van der Waals surface area contributed by atoms with Gasteiger partial charge in [-0.05, 0) is 37.2 Å². The molecule has 2 atom stereocenters. The lowest BCUT2D eigenvalue weighted by atomic mass is 10.0. The topological polar surface area (TPSA) is 104 Å². The van der Waals surface area contributed by atoms with Gasteiger partial charge in [0.1, 0.15) is 11.9 Å². The van der Waals surface area contributed by atoms with E-state index in [1.54, 1.807) is 13.3 Å². The molecule has 0 saturated carbocycles. The molecule has 7 nitrogen and oxygen atoms in total. The number of pyridine rings is 1. The summed E-state index contributed by atoms with van der Waals surface area (Å²) in [6.07, 6.45) is 0.862. The van der Waals surface area contributed by atoms with Crippen molar-refractivity contribution in [1.82, 2.24) is 9.88 Å². The fraction of sp³-hybridized carbons (Fsp3) is 0.375. The number of hydrogen-bond donors (Lipinski definition) is 2. The van der Waals surface area contributed by atoms with E-state index in [-0.39, 0.29) is 24.8 Å². The summed E-state index contributed by atoms with van der Waals surface area (Å²) in [5.74, 6) is 0.713. The van der Waals surface area contributed by atoms with Crippen LogP contribution in [0.5, 0.6) is 5.75 Å². The Morgan fingerprint density at radius 2 is 2.08 bits per heavy atom. The minimum Gasteiger partial charge on any atom is -0.497 e. The summed E-state index contributed by atoms with van der Waals surface area (Å²) in [6.45, 7) is 0.982. The lowest BCUT2D eigenvalue weighted by Crippen LogP contribution is -2.42. The minimum atomic E-state index is -0.550. The number of nitrogens with two attached hydrogens (primary N) is 2. The normalized spacial score (nSPS) is 19.2. The van der Waals surface area contributed by atoms with E-state index in [0.29, 0.717) is 25.3 Å². The molecule has 3 rings (SSSR count). The third kappa shape index (κ3) is 4.07. The molecule has 2 heterocycles. The van der Waals surface area contributed by atoms with Crippen LogP contribution in [-0.2, 0) is 4.74 Å². The van der Waals surface area contributed by atoms with Crippen LogP contribution in [0.4, 0.5) is 4.79 Å². The molecule has 4 N–H and O–H groups in total. The molecule has 1 fully saturated rings. The minimum absolute atomic E-state index is 0. The lowest BCUT2D eigenvalue weighted by Gasteiger charge is -2.21. The zero-order chi connectivity index (χ0) is 16.4. The number of fused-ring (bicyclic) bond motifs is 1. The summed E-state index contributed by atoms with van der Waals surface area (Å²) in [4.78, 5) is 17.9. The summed E-state index contributed by atoms with van der Waals surface area (Å²) in [5.41, 5.74) is 13.4. The van der Waals surface area contributed by atoms with E-state index in [0.717, 1.165) is 16.5 Å². The number of aromatic nitrogens is 1. The molecule has 1 aromatic heterocycles. The maximum Gasteiger partial charge on any atom is 0.411 e. The largest absolute Gasteiger partial charge is 0.497 e. The summed E-state index contributed by atoms with van der Waals surface area (Å²) in [5, 5.41) is 0.862. The number of benzene rings is 1. The van der Waals surface area contributed by atoms with Crippen molar-refractivity contribution in [2.75, 3.05) is 20.2 Å². The molecule has 1 unspecified atom stereocenters. The van der Waals surface area contributed by atoms with E-state index >= 15 is 0 Å². The third-order valence-electron chi connectivity index (χ3n) is 4.02. The maximum atomic E-state index is 12.1. The zero-order valence-electron chi connectivity index (χ0n) is 13.8. The molecule has 0 bridgehead atoms. The molecule has 9 heteroatoms. The Hall–Kier alpha value is -1.80. The van der Waals surface area contributed by atoms with Gasteiger partial charge in [0.15, 0.2) is 6.10 Å². The molecule has 1 aliphatic heterocycles. The Kier molecular flexibility index (Phi) is 7.69. The van der Waals surface area contributed by atoms with Crippen LogP contribution in [0.1, 0.15) is 18.1 Å². The molecular formula is C16H22Cl2N4O3. The van der Waals surface area contributed by atoms with Gasteiger partial charge in [-0.3, -0.25) is 9.88 Å². The van der Waals surface area contributed by atoms with Gasteiger partial charge in [-0.15, -0.1) is 24.8 Å². The van der Waals surface area contributed by atoms with Gasteiger partial charge in [0, 0.05) is 23.7 Å². The van der Waals surface area contributed by atoms with Crippen molar-refractivity contribution in [3.8, 4) is 5.75 Å². The van der Waals surface area contributed by atoms with Gasteiger partial charge in [0.05, 0.1) is 12.6 Å². The first kappa shape index (κ1) is 21.2. The molecule has 1 aliphatic rings. The van der Waals surface area contributed by atoms with Crippen LogP contribution < -0.4 is 16.2 Å². The highest BCUT2D eigenvalue weighted by atomic mass is 35.5. The molecular weight excluding hydrogens is 367 g/mol. The van der Waals surface area contributed by atoms with E-state index in [2.05, 4.69) is 4.98 Å². The number of halogens is 2. The maximum absolute atomic E-state index is 12.1. The smallest absolute Gasteiger partial charge is 0.411 e. The van der Waals surface area contributed by atoms with Gasteiger partial charge >= 0.3 is 6.09 Å². The summed E-state index contributed by atoms with van der Waals surface area (Å²) in [6, 6.07) is 7.41. The summed E-state index contributed by atoms with van der Waals surface area (Å²) >= 11 is 0. The Bertz CT molecular complexity index is 732. The van der Waals surface area contributed by atoms with Crippen LogP contribution in [-0.4, -0.2) is 42.3 Å². The zero-order valence-corrected chi connectivity index (χ0v) is 15.4. The van der Waals surface area contributed by atoms with Crippen LogP contribution in [0, 0.1) is 0 Å². The molecule has 25 heavy (non-hydrogen) atoms. The first-order chi connectivity index (χ1) is 11.2. The molecule has 1 saturated heterocycles. The van der Waals surface area contributed by atoms with Gasteiger partial charge in [-0.2, -0.15) is 0 Å². The number of carbonyl (C=O) groups excluding carboxylic acids is 1. The average molecular weight is 389 g/mol. The molecule has 138 valence electrons. The van der Waals surface area contributed by atoms with Crippen molar-refractivity contribution in [1.29, 1.82) is 0 Å². The molecule has 0 spiro atoms. The number of methoxy groups -OCH3 is 1. The Balaban J connectivity index is 0.00000156. The number of carbonyl (C=O) groups is 1. The molecule has 1 amide bonds. The number of hydrogen-bond acceptors (Lipinski definition) is 6. The predicted octanol–water partition coefficient (Wildman–Crippen LogP) is 2.21. The average Bonchev–Trinajstić information content (AvgIpc) is 2.86. The third-order valence-corrected chi connectivity index (χ3v) is 4.02. The highest BCUT2D eigenvalue weighted by Crippen LogP contribution is 2.34. The Morgan fingerprint density at radius 3 is 2.76 bits per heavy atom. The van der Waals surface area contributed by atoms with Crippen molar-refractivity contribution in [3.63, 3.8) is 0 Å². The fourth-order valence-electron chi connectivity index (χ4n) is 2.80. The van der Waals surface area contributed by atoms with E-state index < -0.39 is 18.4 Å². The van der Waals surface area contributed by atoms with Gasteiger partial charge in [-0.1, -0.05) is 0 Å². The molecule has 1 aromatic carbocycles. The highest BCUT2D eigenvalue weighted by Gasteiger charge is 2.40. The van der Waals surface area contributed by atoms with Crippen molar-refractivity contribution in [3.05, 3.63) is 36.0 Å². The Labute approximate surface area is 158 Å². The first-order valence-electron chi connectivity index (χ1n) is 7.51. The second-order valence-electron chi connectivity index (χ2n) is 5.41. The molecule has 0 radical (unpaired) electrons. The van der Waals surface area contributed by atoms with Gasteiger partial charge in [0.2, 0.25) is 0 Å². The lowest BCUT2D eigenvalue weighted by molar-refractivity contribution is 0.130. The van der Waals surface area contributed by atoms with Crippen LogP contribution in [0.15, 0.2) is 30.5 Å². The summed E-state index contributed by atoms with van der Waals surface area (Å²) < 4.78 is 10.8. The number of cyclic esters (lactones) is 1. The van der Waals surface area contributed by atoms with Crippen molar-refractivity contribution in [2.24, 2.45) is 11.5 Å². The van der Waals surface area contributed by atoms with Crippen molar-refractivity contribution in [2.45, 2.75) is 18.7 Å². The quantitative estimate of drug-likeness (QED) is 0.813.